The Kier molecular flexibility index (Phi) is 3.14. The van der Waals surface area contributed by atoms with E-state index in [1.54, 1.807) is 6.20 Å². The Balaban J connectivity index is 1.78. The zero-order chi connectivity index (χ0) is 12.5. The van der Waals surface area contributed by atoms with Gasteiger partial charge in [0.2, 0.25) is 0 Å². The van der Waals surface area contributed by atoms with Crippen molar-refractivity contribution < 1.29 is 9.53 Å². The minimum absolute atomic E-state index is 0.0577. The molecule has 1 fully saturated rings. The van der Waals surface area contributed by atoms with Crippen LogP contribution in [0.2, 0.25) is 0 Å². The van der Waals surface area contributed by atoms with E-state index in [-0.39, 0.29) is 17.8 Å². The van der Waals surface area contributed by atoms with Gasteiger partial charge in [0.05, 0.1) is 18.2 Å². The number of fused-ring (bicyclic) bond motifs is 1. The standard InChI is InChI=1S/C14H18N2O2/c1-16-7-8-18-12(9-16)14(17)11-5-4-10-3-2-6-15-13(10)11/h2-3,6,11-12H,4-5,7-9H2,1H3. The maximum Gasteiger partial charge on any atom is 0.171 e. The number of pyridine rings is 1. The molecule has 1 aromatic rings. The quantitative estimate of drug-likeness (QED) is 0.781. The minimum atomic E-state index is -0.276. The smallest absolute Gasteiger partial charge is 0.171 e. The molecule has 1 aliphatic carbocycles. The molecule has 2 atom stereocenters. The van der Waals surface area contributed by atoms with E-state index in [1.165, 1.54) is 5.56 Å². The van der Waals surface area contributed by atoms with Crippen LogP contribution in [-0.4, -0.2) is 48.5 Å². The fourth-order valence-corrected chi connectivity index (χ4v) is 2.86. The minimum Gasteiger partial charge on any atom is -0.368 e. The molecule has 2 heterocycles. The van der Waals surface area contributed by atoms with E-state index in [0.717, 1.165) is 25.1 Å². The van der Waals surface area contributed by atoms with Gasteiger partial charge in [0.25, 0.3) is 0 Å². The highest BCUT2D eigenvalue weighted by atomic mass is 16.5. The molecule has 0 N–H and O–H groups in total. The van der Waals surface area contributed by atoms with E-state index < -0.39 is 0 Å². The highest BCUT2D eigenvalue weighted by molar-refractivity contribution is 5.90. The number of likely N-dealkylation sites (N-methyl/N-ethyl adjacent to an activating group) is 1. The third-order valence-corrected chi connectivity index (χ3v) is 3.89. The molecule has 96 valence electrons. The van der Waals surface area contributed by atoms with Crippen molar-refractivity contribution in [2.75, 3.05) is 26.7 Å². The third-order valence-electron chi connectivity index (χ3n) is 3.89. The number of ketones is 1. The van der Waals surface area contributed by atoms with Crippen molar-refractivity contribution in [2.45, 2.75) is 24.9 Å². The summed E-state index contributed by atoms with van der Waals surface area (Å²) in [7, 11) is 2.03. The van der Waals surface area contributed by atoms with Gasteiger partial charge < -0.3 is 9.64 Å². The summed E-state index contributed by atoms with van der Waals surface area (Å²) in [5.41, 5.74) is 2.19. The molecule has 4 heteroatoms. The number of morpholine rings is 1. The van der Waals surface area contributed by atoms with Crippen LogP contribution < -0.4 is 0 Å². The van der Waals surface area contributed by atoms with Crippen molar-refractivity contribution in [3.05, 3.63) is 29.6 Å². The Morgan fingerprint density at radius 3 is 3.28 bits per heavy atom. The van der Waals surface area contributed by atoms with E-state index in [4.69, 9.17) is 4.74 Å². The maximum absolute atomic E-state index is 12.5. The number of nitrogens with zero attached hydrogens (tertiary/aromatic N) is 2. The van der Waals surface area contributed by atoms with Gasteiger partial charge >= 0.3 is 0 Å². The normalized spacial score (nSPS) is 28.1. The maximum atomic E-state index is 12.5. The van der Waals surface area contributed by atoms with Gasteiger partial charge in [-0.2, -0.15) is 0 Å². The molecule has 1 aromatic heterocycles. The molecule has 4 nitrogen and oxygen atoms in total. The van der Waals surface area contributed by atoms with Crippen LogP contribution in [0.1, 0.15) is 23.6 Å². The number of hydrogen-bond acceptors (Lipinski definition) is 4. The van der Waals surface area contributed by atoms with Gasteiger partial charge in [0.1, 0.15) is 6.10 Å². The van der Waals surface area contributed by atoms with Crippen LogP contribution >= 0.6 is 0 Å². The number of aromatic nitrogens is 1. The van der Waals surface area contributed by atoms with Crippen molar-refractivity contribution in [2.24, 2.45) is 0 Å². The zero-order valence-electron chi connectivity index (χ0n) is 10.6. The average molecular weight is 246 g/mol. The average Bonchev–Trinajstić information content (AvgIpc) is 2.82. The van der Waals surface area contributed by atoms with Crippen molar-refractivity contribution >= 4 is 5.78 Å². The number of carbonyl (C=O) groups excluding carboxylic acids is 1. The van der Waals surface area contributed by atoms with Crippen LogP contribution in [0.4, 0.5) is 0 Å². The lowest BCUT2D eigenvalue weighted by atomic mass is 9.96. The topological polar surface area (TPSA) is 42.4 Å². The molecular weight excluding hydrogens is 228 g/mol. The Morgan fingerprint density at radius 2 is 2.44 bits per heavy atom. The predicted octanol–water partition coefficient (Wildman–Crippen LogP) is 1.01. The molecule has 0 aromatic carbocycles. The largest absolute Gasteiger partial charge is 0.368 e. The molecular formula is C14H18N2O2. The van der Waals surface area contributed by atoms with E-state index >= 15 is 0 Å². The number of ether oxygens (including phenoxy) is 1. The second-order valence-electron chi connectivity index (χ2n) is 5.16. The van der Waals surface area contributed by atoms with Crippen molar-refractivity contribution in [3.8, 4) is 0 Å². The lowest BCUT2D eigenvalue weighted by Crippen LogP contribution is -2.45. The number of hydrogen-bond donors (Lipinski definition) is 0. The van der Waals surface area contributed by atoms with Crippen molar-refractivity contribution in [1.82, 2.24) is 9.88 Å². The molecule has 0 radical (unpaired) electrons. The van der Waals surface area contributed by atoms with Gasteiger partial charge in [0, 0.05) is 19.3 Å². The first-order chi connectivity index (χ1) is 8.75. The van der Waals surface area contributed by atoms with Crippen LogP contribution in [-0.2, 0) is 16.0 Å². The molecule has 2 aliphatic rings. The fourth-order valence-electron chi connectivity index (χ4n) is 2.86. The lowest BCUT2D eigenvalue weighted by Gasteiger charge is -2.30. The van der Waals surface area contributed by atoms with Crippen LogP contribution in [0, 0.1) is 0 Å². The summed E-state index contributed by atoms with van der Waals surface area (Å²) < 4.78 is 5.62. The molecule has 0 spiro atoms. The number of rotatable bonds is 2. The SMILES string of the molecule is CN1CCOC(C(=O)C2CCc3cccnc32)C1. The fraction of sp³-hybridized carbons (Fsp3) is 0.571. The second kappa shape index (κ2) is 4.78. The summed E-state index contributed by atoms with van der Waals surface area (Å²) in [6, 6.07) is 4.01. The first kappa shape index (κ1) is 11.8. The molecule has 0 saturated carbocycles. The summed E-state index contributed by atoms with van der Waals surface area (Å²) >= 11 is 0. The molecule has 3 rings (SSSR count). The second-order valence-corrected chi connectivity index (χ2v) is 5.16. The van der Waals surface area contributed by atoms with Gasteiger partial charge in [-0.15, -0.1) is 0 Å². The summed E-state index contributed by atoms with van der Waals surface area (Å²) in [5.74, 6) is 0.150. The van der Waals surface area contributed by atoms with Gasteiger partial charge in [0.15, 0.2) is 5.78 Å². The van der Waals surface area contributed by atoms with E-state index in [9.17, 15) is 4.79 Å². The number of carbonyl (C=O) groups is 1. The molecule has 2 unspecified atom stereocenters. The van der Waals surface area contributed by atoms with Crippen LogP contribution in [0.5, 0.6) is 0 Å². The van der Waals surface area contributed by atoms with Crippen LogP contribution in [0.15, 0.2) is 18.3 Å². The van der Waals surface area contributed by atoms with Gasteiger partial charge in [-0.1, -0.05) is 6.07 Å². The first-order valence-corrected chi connectivity index (χ1v) is 6.53. The van der Waals surface area contributed by atoms with Crippen LogP contribution in [0.3, 0.4) is 0 Å². The highest BCUT2D eigenvalue weighted by Gasteiger charge is 2.36. The Labute approximate surface area is 107 Å². The van der Waals surface area contributed by atoms with Gasteiger partial charge in [-0.3, -0.25) is 9.78 Å². The Morgan fingerprint density at radius 1 is 1.56 bits per heavy atom. The van der Waals surface area contributed by atoms with E-state index in [0.29, 0.717) is 13.2 Å². The zero-order valence-corrected chi connectivity index (χ0v) is 10.6. The first-order valence-electron chi connectivity index (χ1n) is 6.53. The third kappa shape index (κ3) is 2.06. The molecule has 1 saturated heterocycles. The summed E-state index contributed by atoms with van der Waals surface area (Å²) in [6.45, 7) is 2.26. The lowest BCUT2D eigenvalue weighted by molar-refractivity contribution is -0.137. The Hall–Kier alpha value is -1.26. The summed E-state index contributed by atoms with van der Waals surface area (Å²) in [5, 5.41) is 0. The monoisotopic (exact) mass is 246 g/mol. The molecule has 18 heavy (non-hydrogen) atoms. The van der Waals surface area contributed by atoms with Crippen LogP contribution in [0.25, 0.3) is 0 Å². The molecule has 1 aliphatic heterocycles. The predicted molar refractivity (Wildman–Crippen MR) is 67.5 cm³/mol. The van der Waals surface area contributed by atoms with Crippen molar-refractivity contribution in [3.63, 3.8) is 0 Å². The Bertz CT molecular complexity index is 461. The molecule has 0 bridgehead atoms. The number of aryl methyl sites for hydroxylation is 1. The highest BCUT2D eigenvalue weighted by Crippen LogP contribution is 2.33. The van der Waals surface area contributed by atoms with Crippen molar-refractivity contribution in [1.29, 1.82) is 0 Å². The van der Waals surface area contributed by atoms with E-state index in [1.807, 2.05) is 13.1 Å². The number of Topliss-reactive ketones (excluding diaryl/α,β-unsaturated/α-hetero) is 1. The van der Waals surface area contributed by atoms with Gasteiger partial charge in [-0.05, 0) is 31.5 Å². The summed E-state index contributed by atoms with van der Waals surface area (Å²) in [6.07, 6.45) is 3.34. The van der Waals surface area contributed by atoms with E-state index in [2.05, 4.69) is 16.0 Å². The molecule has 0 amide bonds. The summed E-state index contributed by atoms with van der Waals surface area (Å²) in [4.78, 5) is 19.1. The van der Waals surface area contributed by atoms with Gasteiger partial charge in [-0.25, -0.2) is 0 Å².